The molecule has 1 heterocycles. The molecule has 0 radical (unpaired) electrons. The fourth-order valence-electron chi connectivity index (χ4n) is 2.74. The first-order valence-electron chi connectivity index (χ1n) is 7.56. The van der Waals surface area contributed by atoms with Gasteiger partial charge in [0.2, 0.25) is 0 Å². The van der Waals surface area contributed by atoms with Gasteiger partial charge in [-0.2, -0.15) is 0 Å². The zero-order valence-corrected chi connectivity index (χ0v) is 13.6. The molecular weight excluding hydrogens is 285 g/mol. The van der Waals surface area contributed by atoms with Crippen LogP contribution in [0.2, 0.25) is 0 Å². The molecule has 1 saturated heterocycles. The quantitative estimate of drug-likeness (QED) is 0.838. The Morgan fingerprint density at radius 3 is 2.45 bits per heavy atom. The van der Waals surface area contributed by atoms with Gasteiger partial charge in [-0.15, -0.1) is 0 Å². The molecule has 0 spiro atoms. The maximum atomic E-state index is 13.1. The van der Waals surface area contributed by atoms with E-state index < -0.39 is 5.60 Å². The third-order valence-electron chi connectivity index (χ3n) is 3.81. The molecular formula is C17H24FNO3. The standard InChI is InChI=1S/C17H24FNO3/c1-17(2,3)22-16(20)19-10-9-14(15(11-19)21-4)12-5-7-13(18)8-6-12/h5-8,14-15H,9-11H2,1-4H3/t14-,15+/m0/s1. The molecule has 5 heteroatoms. The first-order chi connectivity index (χ1) is 10.3. The molecule has 0 N–H and O–H groups in total. The highest BCUT2D eigenvalue weighted by Crippen LogP contribution is 2.30. The summed E-state index contributed by atoms with van der Waals surface area (Å²) in [4.78, 5) is 13.8. The molecule has 1 aromatic rings. The highest BCUT2D eigenvalue weighted by atomic mass is 19.1. The van der Waals surface area contributed by atoms with Gasteiger partial charge < -0.3 is 14.4 Å². The highest BCUT2D eigenvalue weighted by molar-refractivity contribution is 5.68. The Kier molecular flexibility index (Phi) is 5.06. The van der Waals surface area contributed by atoms with Crippen molar-refractivity contribution in [3.8, 4) is 0 Å². The molecule has 4 nitrogen and oxygen atoms in total. The third kappa shape index (κ3) is 4.19. The number of hydrogen-bond donors (Lipinski definition) is 0. The van der Waals surface area contributed by atoms with Crippen molar-refractivity contribution >= 4 is 6.09 Å². The summed E-state index contributed by atoms with van der Waals surface area (Å²) in [5.41, 5.74) is 0.532. The molecule has 1 aliphatic rings. The van der Waals surface area contributed by atoms with E-state index in [0.717, 1.165) is 12.0 Å². The second kappa shape index (κ2) is 6.65. The summed E-state index contributed by atoms with van der Waals surface area (Å²) in [7, 11) is 1.64. The number of rotatable bonds is 2. The maximum Gasteiger partial charge on any atom is 0.410 e. The Hall–Kier alpha value is -1.62. The van der Waals surface area contributed by atoms with Crippen molar-refractivity contribution in [2.75, 3.05) is 20.2 Å². The minimum atomic E-state index is -0.506. The Morgan fingerprint density at radius 2 is 1.91 bits per heavy atom. The van der Waals surface area contributed by atoms with Crippen LogP contribution < -0.4 is 0 Å². The summed E-state index contributed by atoms with van der Waals surface area (Å²) in [5.74, 6) is -0.0896. The van der Waals surface area contributed by atoms with Gasteiger partial charge >= 0.3 is 6.09 Å². The van der Waals surface area contributed by atoms with Crippen LogP contribution in [0.3, 0.4) is 0 Å². The van der Waals surface area contributed by atoms with Crippen LogP contribution in [0.15, 0.2) is 24.3 Å². The van der Waals surface area contributed by atoms with Crippen LogP contribution in [0, 0.1) is 5.82 Å². The highest BCUT2D eigenvalue weighted by Gasteiger charge is 2.34. The number of benzene rings is 1. The van der Waals surface area contributed by atoms with Crippen molar-refractivity contribution < 1.29 is 18.7 Å². The van der Waals surface area contributed by atoms with Gasteiger partial charge in [-0.1, -0.05) is 12.1 Å². The van der Waals surface area contributed by atoms with Crippen molar-refractivity contribution in [2.24, 2.45) is 0 Å². The molecule has 1 aromatic carbocycles. The van der Waals surface area contributed by atoms with Crippen LogP contribution >= 0.6 is 0 Å². The van der Waals surface area contributed by atoms with Gasteiger partial charge in [-0.3, -0.25) is 0 Å². The predicted octanol–water partition coefficient (Wildman–Crippen LogP) is 3.57. The molecule has 0 unspecified atom stereocenters. The van der Waals surface area contributed by atoms with Crippen LogP contribution in [-0.4, -0.2) is 42.9 Å². The van der Waals surface area contributed by atoms with E-state index in [-0.39, 0.29) is 23.9 Å². The molecule has 1 fully saturated rings. The van der Waals surface area contributed by atoms with E-state index in [1.807, 2.05) is 20.8 Å². The predicted molar refractivity (Wildman–Crippen MR) is 82.4 cm³/mol. The molecule has 0 aromatic heterocycles. The fourth-order valence-corrected chi connectivity index (χ4v) is 2.74. The number of ether oxygens (including phenoxy) is 2. The van der Waals surface area contributed by atoms with Crippen molar-refractivity contribution in [3.05, 3.63) is 35.6 Å². The minimum absolute atomic E-state index is 0.119. The van der Waals surface area contributed by atoms with Gasteiger partial charge in [0.05, 0.1) is 12.6 Å². The van der Waals surface area contributed by atoms with Gasteiger partial charge in [-0.25, -0.2) is 9.18 Å². The summed E-state index contributed by atoms with van der Waals surface area (Å²) < 4.78 is 24.0. The summed E-state index contributed by atoms with van der Waals surface area (Å²) >= 11 is 0. The van der Waals surface area contributed by atoms with E-state index in [2.05, 4.69) is 0 Å². The monoisotopic (exact) mass is 309 g/mol. The van der Waals surface area contributed by atoms with Crippen LogP contribution in [0.25, 0.3) is 0 Å². The third-order valence-corrected chi connectivity index (χ3v) is 3.81. The topological polar surface area (TPSA) is 38.8 Å². The lowest BCUT2D eigenvalue weighted by Crippen LogP contribution is -2.48. The van der Waals surface area contributed by atoms with Crippen LogP contribution in [0.1, 0.15) is 38.7 Å². The SMILES string of the molecule is CO[C@@H]1CN(C(=O)OC(C)(C)C)CC[C@H]1c1ccc(F)cc1. The van der Waals surface area contributed by atoms with Crippen molar-refractivity contribution in [1.29, 1.82) is 0 Å². The molecule has 2 atom stereocenters. The lowest BCUT2D eigenvalue weighted by atomic mass is 9.87. The van der Waals surface area contributed by atoms with Crippen molar-refractivity contribution in [1.82, 2.24) is 4.90 Å². The number of amides is 1. The maximum absolute atomic E-state index is 13.1. The van der Waals surface area contributed by atoms with Gasteiger partial charge in [0.25, 0.3) is 0 Å². The van der Waals surface area contributed by atoms with Gasteiger partial charge in [0.15, 0.2) is 0 Å². The van der Waals surface area contributed by atoms with E-state index in [0.29, 0.717) is 13.1 Å². The van der Waals surface area contributed by atoms with Crippen LogP contribution in [-0.2, 0) is 9.47 Å². The minimum Gasteiger partial charge on any atom is -0.444 e. The Morgan fingerprint density at radius 1 is 1.27 bits per heavy atom. The lowest BCUT2D eigenvalue weighted by molar-refractivity contribution is -0.0139. The molecule has 0 bridgehead atoms. The first kappa shape index (κ1) is 16.7. The average Bonchev–Trinajstić information content (AvgIpc) is 2.45. The smallest absolute Gasteiger partial charge is 0.410 e. The summed E-state index contributed by atoms with van der Waals surface area (Å²) in [5, 5.41) is 0. The van der Waals surface area contributed by atoms with Gasteiger partial charge in [0.1, 0.15) is 11.4 Å². The molecule has 1 amide bonds. The zero-order valence-electron chi connectivity index (χ0n) is 13.6. The Bertz CT molecular complexity index is 510. The largest absolute Gasteiger partial charge is 0.444 e. The second-order valence-corrected chi connectivity index (χ2v) is 6.65. The summed E-state index contributed by atoms with van der Waals surface area (Å²) in [6.07, 6.45) is 0.336. The number of nitrogens with zero attached hydrogens (tertiary/aromatic N) is 1. The fraction of sp³-hybridized carbons (Fsp3) is 0.588. The number of piperidine rings is 1. The molecule has 122 valence electrons. The van der Waals surface area contributed by atoms with Crippen LogP contribution in [0.4, 0.5) is 9.18 Å². The zero-order chi connectivity index (χ0) is 16.3. The molecule has 1 aliphatic heterocycles. The van der Waals surface area contributed by atoms with Crippen molar-refractivity contribution in [2.45, 2.75) is 44.8 Å². The molecule has 22 heavy (non-hydrogen) atoms. The molecule has 0 aliphatic carbocycles. The summed E-state index contributed by atoms with van der Waals surface area (Å²) in [6, 6.07) is 6.49. The van der Waals surface area contributed by atoms with E-state index in [1.165, 1.54) is 12.1 Å². The Balaban J connectivity index is 2.05. The van der Waals surface area contributed by atoms with E-state index in [1.54, 1.807) is 24.1 Å². The van der Waals surface area contributed by atoms with Gasteiger partial charge in [-0.05, 0) is 44.9 Å². The Labute approximate surface area is 131 Å². The number of halogens is 1. The number of carbonyl (C=O) groups excluding carboxylic acids is 1. The van der Waals surface area contributed by atoms with Crippen molar-refractivity contribution in [3.63, 3.8) is 0 Å². The normalized spacial score (nSPS) is 22.5. The van der Waals surface area contributed by atoms with E-state index in [9.17, 15) is 9.18 Å². The first-order valence-corrected chi connectivity index (χ1v) is 7.56. The lowest BCUT2D eigenvalue weighted by Gasteiger charge is -2.38. The average molecular weight is 309 g/mol. The van der Waals surface area contributed by atoms with Crippen LogP contribution in [0.5, 0.6) is 0 Å². The second-order valence-electron chi connectivity index (χ2n) is 6.65. The molecule has 2 rings (SSSR count). The number of likely N-dealkylation sites (tertiary alicyclic amines) is 1. The summed E-state index contributed by atoms with van der Waals surface area (Å²) in [6.45, 7) is 6.64. The van der Waals surface area contributed by atoms with E-state index >= 15 is 0 Å². The van der Waals surface area contributed by atoms with E-state index in [4.69, 9.17) is 9.47 Å². The number of methoxy groups -OCH3 is 1. The molecule has 0 saturated carbocycles. The van der Waals surface area contributed by atoms with Gasteiger partial charge in [0, 0.05) is 19.6 Å². The number of hydrogen-bond acceptors (Lipinski definition) is 3. The number of carbonyl (C=O) groups is 1.